The van der Waals surface area contributed by atoms with Crippen LogP contribution >= 0.6 is 0 Å². The van der Waals surface area contributed by atoms with Crippen LogP contribution in [0.3, 0.4) is 0 Å². The first-order valence-corrected chi connectivity index (χ1v) is 9.45. The first kappa shape index (κ1) is 20.2. The van der Waals surface area contributed by atoms with Crippen molar-refractivity contribution in [2.24, 2.45) is 0 Å². The van der Waals surface area contributed by atoms with Gasteiger partial charge in [0.25, 0.3) is 5.91 Å². The number of carbonyl (C=O) groups excluding carboxylic acids is 1. The van der Waals surface area contributed by atoms with E-state index >= 15 is 0 Å². The summed E-state index contributed by atoms with van der Waals surface area (Å²) in [4.78, 5) is 17.1. The fourth-order valence-corrected chi connectivity index (χ4v) is 3.49. The van der Waals surface area contributed by atoms with Gasteiger partial charge in [0.2, 0.25) is 0 Å². The summed E-state index contributed by atoms with van der Waals surface area (Å²) >= 11 is 0. The van der Waals surface area contributed by atoms with Crippen LogP contribution in [0.15, 0.2) is 42.5 Å². The van der Waals surface area contributed by atoms with Crippen molar-refractivity contribution in [1.82, 2.24) is 9.80 Å². The van der Waals surface area contributed by atoms with Crippen molar-refractivity contribution in [2.75, 3.05) is 47.5 Å². The third-order valence-electron chi connectivity index (χ3n) is 5.00. The summed E-state index contributed by atoms with van der Waals surface area (Å²) in [6, 6.07) is 13.7. The maximum atomic E-state index is 12.8. The first-order valence-electron chi connectivity index (χ1n) is 9.45. The summed E-state index contributed by atoms with van der Waals surface area (Å²) in [6.45, 7) is 4.48. The van der Waals surface area contributed by atoms with E-state index in [1.54, 1.807) is 21.3 Å². The summed E-state index contributed by atoms with van der Waals surface area (Å²) < 4.78 is 15.8. The van der Waals surface area contributed by atoms with Crippen molar-refractivity contribution in [3.05, 3.63) is 59.2 Å². The molecule has 1 heterocycles. The van der Waals surface area contributed by atoms with E-state index in [9.17, 15) is 4.79 Å². The lowest BCUT2D eigenvalue weighted by molar-refractivity contribution is 0.0628. The molecule has 1 amide bonds. The molecule has 1 aliphatic rings. The van der Waals surface area contributed by atoms with Crippen LogP contribution in [-0.2, 0) is 17.9 Å². The molecule has 1 saturated heterocycles. The number of amides is 1. The van der Waals surface area contributed by atoms with Gasteiger partial charge in [-0.2, -0.15) is 0 Å². The zero-order chi connectivity index (χ0) is 19.9. The highest BCUT2D eigenvalue weighted by Gasteiger charge is 2.22. The second kappa shape index (κ2) is 9.57. The number of ether oxygens (including phenoxy) is 3. The average Bonchev–Trinajstić information content (AvgIpc) is 2.74. The molecule has 6 nitrogen and oxygen atoms in total. The molecule has 28 heavy (non-hydrogen) atoms. The van der Waals surface area contributed by atoms with E-state index < -0.39 is 0 Å². The summed E-state index contributed by atoms with van der Waals surface area (Å²) in [6.07, 6.45) is 0. The van der Waals surface area contributed by atoms with E-state index in [4.69, 9.17) is 14.2 Å². The highest BCUT2D eigenvalue weighted by molar-refractivity contribution is 5.94. The number of hydrogen-bond donors (Lipinski definition) is 0. The normalized spacial score (nSPS) is 14.8. The van der Waals surface area contributed by atoms with Gasteiger partial charge in [0.05, 0.1) is 20.8 Å². The van der Waals surface area contributed by atoms with Crippen LogP contribution in [0.2, 0.25) is 0 Å². The maximum Gasteiger partial charge on any atom is 0.253 e. The molecule has 6 heteroatoms. The fourth-order valence-electron chi connectivity index (χ4n) is 3.49. The molecule has 0 aromatic heterocycles. The van der Waals surface area contributed by atoms with Crippen LogP contribution in [0.4, 0.5) is 0 Å². The number of nitrogens with zero attached hydrogens (tertiary/aromatic N) is 2. The fraction of sp³-hybridized carbons (Fsp3) is 0.409. The molecule has 150 valence electrons. The second-order valence-corrected chi connectivity index (χ2v) is 6.89. The number of methoxy groups -OCH3 is 3. The van der Waals surface area contributed by atoms with Crippen molar-refractivity contribution in [3.8, 4) is 11.5 Å². The van der Waals surface area contributed by atoms with Crippen LogP contribution in [0, 0.1) is 0 Å². The van der Waals surface area contributed by atoms with Crippen LogP contribution in [-0.4, -0.2) is 63.2 Å². The zero-order valence-corrected chi connectivity index (χ0v) is 16.8. The highest BCUT2D eigenvalue weighted by atomic mass is 16.5. The Bertz CT molecular complexity index is 801. The van der Waals surface area contributed by atoms with Gasteiger partial charge in [-0.25, -0.2) is 0 Å². The Morgan fingerprint density at radius 2 is 1.64 bits per heavy atom. The van der Waals surface area contributed by atoms with Gasteiger partial charge in [-0.15, -0.1) is 0 Å². The van der Waals surface area contributed by atoms with Crippen molar-refractivity contribution < 1.29 is 19.0 Å². The minimum Gasteiger partial charge on any atom is -0.493 e. The Kier molecular flexibility index (Phi) is 6.90. The van der Waals surface area contributed by atoms with Gasteiger partial charge < -0.3 is 19.1 Å². The van der Waals surface area contributed by atoms with Gasteiger partial charge in [0.15, 0.2) is 11.5 Å². The van der Waals surface area contributed by atoms with Crippen molar-refractivity contribution in [2.45, 2.75) is 13.2 Å². The summed E-state index contributed by atoms with van der Waals surface area (Å²) in [5, 5.41) is 0. The van der Waals surface area contributed by atoms with Crippen molar-refractivity contribution in [3.63, 3.8) is 0 Å². The van der Waals surface area contributed by atoms with E-state index in [-0.39, 0.29) is 5.91 Å². The van der Waals surface area contributed by atoms with Crippen LogP contribution < -0.4 is 9.47 Å². The quantitative estimate of drug-likeness (QED) is 0.735. The molecule has 0 radical (unpaired) electrons. The topological polar surface area (TPSA) is 51.2 Å². The predicted molar refractivity (Wildman–Crippen MR) is 108 cm³/mol. The molecule has 0 saturated carbocycles. The van der Waals surface area contributed by atoms with Gasteiger partial charge in [0.1, 0.15) is 0 Å². The molecule has 0 bridgehead atoms. The first-order chi connectivity index (χ1) is 13.6. The second-order valence-electron chi connectivity index (χ2n) is 6.89. The molecule has 3 rings (SSSR count). The van der Waals surface area contributed by atoms with Crippen LogP contribution in [0.5, 0.6) is 11.5 Å². The number of benzene rings is 2. The lowest BCUT2D eigenvalue weighted by atomic mass is 10.1. The molecule has 1 fully saturated rings. The minimum absolute atomic E-state index is 0.0868. The third-order valence-corrected chi connectivity index (χ3v) is 5.00. The molecule has 0 N–H and O–H groups in total. The number of hydrogen-bond acceptors (Lipinski definition) is 5. The number of rotatable bonds is 7. The largest absolute Gasteiger partial charge is 0.493 e. The standard InChI is InChI=1S/C22H28N2O4/c1-26-16-18-5-4-6-19(13-18)22(25)24-11-9-23(10-12-24)15-17-7-8-20(27-2)21(14-17)28-3/h4-8,13-14H,9-12,15-16H2,1-3H3. The Morgan fingerprint density at radius 1 is 0.893 bits per heavy atom. The van der Waals surface area contributed by atoms with E-state index in [2.05, 4.69) is 11.0 Å². The maximum absolute atomic E-state index is 12.8. The third kappa shape index (κ3) is 4.82. The molecule has 2 aromatic carbocycles. The minimum atomic E-state index is 0.0868. The SMILES string of the molecule is COCc1cccc(C(=O)N2CCN(Cc3ccc(OC)c(OC)c3)CC2)c1. The lowest BCUT2D eigenvalue weighted by Gasteiger charge is -2.35. The van der Waals surface area contributed by atoms with E-state index in [0.29, 0.717) is 6.61 Å². The van der Waals surface area contributed by atoms with Gasteiger partial charge in [-0.3, -0.25) is 9.69 Å². The summed E-state index contributed by atoms with van der Waals surface area (Å²) in [5.74, 6) is 1.56. The molecule has 2 aromatic rings. The summed E-state index contributed by atoms with van der Waals surface area (Å²) in [5.41, 5.74) is 2.91. The van der Waals surface area contributed by atoms with Crippen molar-refractivity contribution in [1.29, 1.82) is 0 Å². The highest BCUT2D eigenvalue weighted by Crippen LogP contribution is 2.28. The molecule has 0 atom stereocenters. The van der Waals surface area contributed by atoms with Gasteiger partial charge in [-0.05, 0) is 35.4 Å². The van der Waals surface area contributed by atoms with Crippen LogP contribution in [0.25, 0.3) is 0 Å². The predicted octanol–water partition coefficient (Wildman–Crippen LogP) is 2.81. The number of carbonyl (C=O) groups is 1. The Labute approximate surface area is 166 Å². The Hall–Kier alpha value is -2.57. The van der Waals surface area contributed by atoms with Crippen LogP contribution in [0.1, 0.15) is 21.5 Å². The lowest BCUT2D eigenvalue weighted by Crippen LogP contribution is -2.48. The smallest absolute Gasteiger partial charge is 0.253 e. The van der Waals surface area contributed by atoms with E-state index in [1.807, 2.05) is 41.3 Å². The summed E-state index contributed by atoms with van der Waals surface area (Å²) in [7, 11) is 4.94. The zero-order valence-electron chi connectivity index (χ0n) is 16.8. The molecular weight excluding hydrogens is 356 g/mol. The molecule has 0 unspecified atom stereocenters. The monoisotopic (exact) mass is 384 g/mol. The van der Waals surface area contributed by atoms with E-state index in [1.165, 1.54) is 5.56 Å². The Morgan fingerprint density at radius 3 is 2.32 bits per heavy atom. The molecular formula is C22H28N2O4. The van der Waals surface area contributed by atoms with E-state index in [0.717, 1.165) is 55.3 Å². The molecule has 1 aliphatic heterocycles. The molecule has 0 spiro atoms. The van der Waals surface area contributed by atoms with Gasteiger partial charge in [-0.1, -0.05) is 18.2 Å². The van der Waals surface area contributed by atoms with Gasteiger partial charge >= 0.3 is 0 Å². The molecule has 0 aliphatic carbocycles. The Balaban J connectivity index is 1.57. The number of piperazine rings is 1. The van der Waals surface area contributed by atoms with Gasteiger partial charge in [0, 0.05) is 45.4 Å². The van der Waals surface area contributed by atoms with Crippen molar-refractivity contribution >= 4 is 5.91 Å². The average molecular weight is 384 g/mol.